The molecule has 1 aromatic rings. The van der Waals surface area contributed by atoms with Gasteiger partial charge in [-0.15, -0.1) is 0 Å². The van der Waals surface area contributed by atoms with Gasteiger partial charge in [-0.05, 0) is 56.7 Å². The van der Waals surface area contributed by atoms with Crippen LogP contribution < -0.4 is 10.5 Å². The molecule has 3 rings (SSSR count). The summed E-state index contributed by atoms with van der Waals surface area (Å²) < 4.78 is 12.2. The van der Waals surface area contributed by atoms with Gasteiger partial charge >= 0.3 is 0 Å². The first kappa shape index (κ1) is 14.9. The van der Waals surface area contributed by atoms with Gasteiger partial charge in [0.2, 0.25) is 0 Å². The Morgan fingerprint density at radius 3 is 2.62 bits per heavy atom. The van der Waals surface area contributed by atoms with Crippen LogP contribution in [0, 0.1) is 0 Å². The molecule has 116 valence electrons. The number of ether oxygens (including phenoxy) is 2. The Morgan fingerprint density at radius 2 is 1.95 bits per heavy atom. The summed E-state index contributed by atoms with van der Waals surface area (Å²) in [5.41, 5.74) is 7.28. The summed E-state index contributed by atoms with van der Waals surface area (Å²) in [6.07, 6.45) is 8.69. The zero-order valence-corrected chi connectivity index (χ0v) is 13.0. The number of rotatable bonds is 5. The van der Waals surface area contributed by atoms with Crippen molar-refractivity contribution in [3.63, 3.8) is 0 Å². The number of hydrogen-bond acceptors (Lipinski definition) is 3. The Labute approximate surface area is 127 Å². The fourth-order valence-corrected chi connectivity index (χ4v) is 3.68. The molecule has 2 N–H and O–H groups in total. The Kier molecular flexibility index (Phi) is 4.51. The van der Waals surface area contributed by atoms with Crippen molar-refractivity contribution in [1.29, 1.82) is 0 Å². The molecule has 1 saturated carbocycles. The minimum Gasteiger partial charge on any atom is -0.491 e. The highest BCUT2D eigenvalue weighted by Crippen LogP contribution is 2.43. The van der Waals surface area contributed by atoms with Crippen LogP contribution in [0.5, 0.6) is 5.75 Å². The smallest absolute Gasteiger partial charge is 0.119 e. The first-order valence-electron chi connectivity index (χ1n) is 8.30. The molecular weight excluding hydrogens is 262 g/mol. The third kappa shape index (κ3) is 3.78. The first-order chi connectivity index (χ1) is 10.2. The van der Waals surface area contributed by atoms with Crippen LogP contribution >= 0.6 is 0 Å². The second-order valence-corrected chi connectivity index (χ2v) is 6.81. The lowest BCUT2D eigenvalue weighted by atomic mass is 9.98. The van der Waals surface area contributed by atoms with E-state index < -0.39 is 0 Å². The zero-order valence-electron chi connectivity index (χ0n) is 13.0. The summed E-state index contributed by atoms with van der Waals surface area (Å²) in [6, 6.07) is 8.49. The van der Waals surface area contributed by atoms with E-state index in [1.54, 1.807) is 0 Å². The minimum atomic E-state index is 0.200. The molecule has 1 spiro atoms. The van der Waals surface area contributed by atoms with Gasteiger partial charge in [0.05, 0.1) is 11.7 Å². The van der Waals surface area contributed by atoms with Crippen molar-refractivity contribution in [2.75, 3.05) is 6.61 Å². The Balaban J connectivity index is 1.47. The predicted octanol–water partition coefficient (Wildman–Crippen LogP) is 3.45. The van der Waals surface area contributed by atoms with Gasteiger partial charge < -0.3 is 15.2 Å². The van der Waals surface area contributed by atoms with Crippen LogP contribution in [0.4, 0.5) is 0 Å². The van der Waals surface area contributed by atoms with Gasteiger partial charge in [0.1, 0.15) is 12.4 Å². The summed E-state index contributed by atoms with van der Waals surface area (Å²) in [5.74, 6) is 0.930. The maximum Gasteiger partial charge on any atom is 0.119 e. The van der Waals surface area contributed by atoms with Crippen LogP contribution in [-0.2, 0) is 11.2 Å². The van der Waals surface area contributed by atoms with Crippen molar-refractivity contribution in [1.82, 2.24) is 0 Å². The third-order valence-electron chi connectivity index (χ3n) is 4.77. The van der Waals surface area contributed by atoms with E-state index in [0.717, 1.165) is 18.6 Å². The minimum absolute atomic E-state index is 0.200. The van der Waals surface area contributed by atoms with Crippen LogP contribution in [-0.4, -0.2) is 24.4 Å². The van der Waals surface area contributed by atoms with Gasteiger partial charge in [-0.2, -0.15) is 0 Å². The van der Waals surface area contributed by atoms with Gasteiger partial charge in [0, 0.05) is 6.04 Å². The predicted molar refractivity (Wildman–Crippen MR) is 84.6 cm³/mol. The summed E-state index contributed by atoms with van der Waals surface area (Å²) in [6.45, 7) is 2.70. The van der Waals surface area contributed by atoms with E-state index in [1.807, 2.05) is 19.1 Å². The molecule has 2 atom stereocenters. The molecule has 1 heterocycles. The van der Waals surface area contributed by atoms with E-state index >= 15 is 0 Å². The molecule has 3 nitrogen and oxygen atoms in total. The largest absolute Gasteiger partial charge is 0.491 e. The molecule has 2 fully saturated rings. The van der Waals surface area contributed by atoms with Crippen molar-refractivity contribution in [2.45, 2.75) is 69.6 Å². The maximum absolute atomic E-state index is 6.27. The Hall–Kier alpha value is -1.06. The molecule has 21 heavy (non-hydrogen) atoms. The maximum atomic E-state index is 6.27. The second-order valence-electron chi connectivity index (χ2n) is 6.81. The van der Waals surface area contributed by atoms with E-state index in [2.05, 4.69) is 12.1 Å². The molecule has 2 unspecified atom stereocenters. The van der Waals surface area contributed by atoms with E-state index in [9.17, 15) is 0 Å². The molecule has 1 aromatic carbocycles. The van der Waals surface area contributed by atoms with Gasteiger partial charge in [0.25, 0.3) is 0 Å². The first-order valence-corrected chi connectivity index (χ1v) is 8.30. The molecule has 1 aliphatic heterocycles. The van der Waals surface area contributed by atoms with Crippen LogP contribution in [0.15, 0.2) is 24.3 Å². The molecular formula is C18H27NO2. The van der Waals surface area contributed by atoms with Crippen LogP contribution in [0.1, 0.15) is 51.0 Å². The zero-order chi connectivity index (χ0) is 14.7. The Bertz CT molecular complexity index is 449. The number of benzene rings is 1. The highest BCUT2D eigenvalue weighted by Gasteiger charge is 2.42. The lowest BCUT2D eigenvalue weighted by Crippen LogP contribution is -2.27. The molecule has 1 aliphatic carbocycles. The second kappa shape index (κ2) is 6.37. The highest BCUT2D eigenvalue weighted by molar-refractivity contribution is 5.27. The molecule has 3 heteroatoms. The summed E-state index contributed by atoms with van der Waals surface area (Å²) in [4.78, 5) is 0. The quantitative estimate of drug-likeness (QED) is 0.903. The number of hydrogen-bond donors (Lipinski definition) is 1. The van der Waals surface area contributed by atoms with Crippen molar-refractivity contribution in [3.05, 3.63) is 29.8 Å². The monoisotopic (exact) mass is 289 g/mol. The SMILES string of the molecule is CC(N)Cc1ccc(OCC2CCC3(CCCC3)O2)cc1. The van der Waals surface area contributed by atoms with Crippen molar-refractivity contribution in [2.24, 2.45) is 5.73 Å². The van der Waals surface area contributed by atoms with E-state index in [1.165, 1.54) is 37.7 Å². The standard InChI is InChI=1S/C18H27NO2/c1-14(19)12-15-4-6-16(7-5-15)20-13-17-8-11-18(21-17)9-2-3-10-18/h4-7,14,17H,2-3,8-13,19H2,1H3. The Morgan fingerprint density at radius 1 is 1.24 bits per heavy atom. The molecule has 2 aliphatic rings. The molecule has 0 bridgehead atoms. The fourth-order valence-electron chi connectivity index (χ4n) is 3.68. The highest BCUT2D eigenvalue weighted by atomic mass is 16.6. The third-order valence-corrected chi connectivity index (χ3v) is 4.77. The van der Waals surface area contributed by atoms with Gasteiger partial charge in [-0.1, -0.05) is 25.0 Å². The van der Waals surface area contributed by atoms with Crippen LogP contribution in [0.2, 0.25) is 0 Å². The average molecular weight is 289 g/mol. The average Bonchev–Trinajstić information content (AvgIpc) is 3.08. The molecule has 0 aromatic heterocycles. The van der Waals surface area contributed by atoms with Crippen molar-refractivity contribution < 1.29 is 9.47 Å². The van der Waals surface area contributed by atoms with E-state index in [-0.39, 0.29) is 17.7 Å². The van der Waals surface area contributed by atoms with Crippen molar-refractivity contribution >= 4 is 0 Å². The van der Waals surface area contributed by atoms with Gasteiger partial charge in [-0.3, -0.25) is 0 Å². The lowest BCUT2D eigenvalue weighted by Gasteiger charge is -2.23. The van der Waals surface area contributed by atoms with Gasteiger partial charge in [-0.25, -0.2) is 0 Å². The van der Waals surface area contributed by atoms with Crippen LogP contribution in [0.3, 0.4) is 0 Å². The summed E-state index contributed by atoms with van der Waals surface area (Å²) >= 11 is 0. The molecule has 1 saturated heterocycles. The van der Waals surface area contributed by atoms with Crippen LogP contribution in [0.25, 0.3) is 0 Å². The lowest BCUT2D eigenvalue weighted by molar-refractivity contribution is -0.0508. The summed E-state index contributed by atoms with van der Waals surface area (Å²) in [7, 11) is 0. The summed E-state index contributed by atoms with van der Waals surface area (Å²) in [5, 5.41) is 0. The normalized spacial score (nSPS) is 25.3. The topological polar surface area (TPSA) is 44.5 Å². The van der Waals surface area contributed by atoms with Crippen molar-refractivity contribution in [3.8, 4) is 5.75 Å². The number of nitrogens with two attached hydrogens (primary N) is 1. The van der Waals surface area contributed by atoms with Gasteiger partial charge in [0.15, 0.2) is 0 Å². The van der Waals surface area contributed by atoms with E-state index in [4.69, 9.17) is 15.2 Å². The molecule has 0 amide bonds. The van der Waals surface area contributed by atoms with E-state index in [0.29, 0.717) is 6.61 Å². The fraction of sp³-hybridized carbons (Fsp3) is 0.667. The molecule has 0 radical (unpaired) electrons.